The summed E-state index contributed by atoms with van der Waals surface area (Å²) in [6, 6.07) is 1.98. The average Bonchev–Trinajstić information content (AvgIpc) is 3.03. The van der Waals surface area contributed by atoms with Crippen LogP contribution in [0.1, 0.15) is 25.7 Å². The molecule has 0 spiro atoms. The third kappa shape index (κ3) is 3.45. The number of hydrogen-bond acceptors (Lipinski definition) is 3. The van der Waals surface area contributed by atoms with Crippen molar-refractivity contribution in [1.29, 1.82) is 0 Å². The van der Waals surface area contributed by atoms with Gasteiger partial charge in [0.05, 0.1) is 0 Å². The lowest BCUT2D eigenvalue weighted by Gasteiger charge is -2.27. The van der Waals surface area contributed by atoms with Gasteiger partial charge < -0.3 is 10.2 Å². The second kappa shape index (κ2) is 5.75. The minimum Gasteiger partial charge on any atom is -0.352 e. The topological polar surface area (TPSA) is 28.2 Å². The van der Waals surface area contributed by atoms with Crippen molar-refractivity contribution < 1.29 is 4.39 Å². The van der Waals surface area contributed by atoms with Crippen LogP contribution in [0.5, 0.6) is 0 Å². The van der Waals surface area contributed by atoms with E-state index in [0.717, 1.165) is 25.6 Å². The highest BCUT2D eigenvalue weighted by molar-refractivity contribution is 9.10. The highest BCUT2D eigenvalue weighted by Gasteiger charge is 2.28. The number of halogens is 2. The van der Waals surface area contributed by atoms with Gasteiger partial charge in [0.1, 0.15) is 0 Å². The highest BCUT2D eigenvalue weighted by atomic mass is 79.9. The maximum Gasteiger partial charge on any atom is 0.166 e. The number of hydrogen-bond donors (Lipinski definition) is 1. The molecule has 1 atom stereocenters. The Morgan fingerprint density at radius 2 is 2.21 bits per heavy atom. The normalized spacial score (nSPS) is 22.7. The summed E-state index contributed by atoms with van der Waals surface area (Å²) in [5.41, 5.74) is 0. The van der Waals surface area contributed by atoms with Crippen molar-refractivity contribution in [1.82, 2.24) is 10.3 Å². The van der Waals surface area contributed by atoms with Crippen molar-refractivity contribution in [2.45, 2.75) is 31.7 Å². The Bertz CT molecular complexity index is 444. The molecule has 104 valence electrons. The van der Waals surface area contributed by atoms with E-state index < -0.39 is 0 Å². The van der Waals surface area contributed by atoms with Crippen LogP contribution in [0, 0.1) is 11.7 Å². The SMILES string of the molecule is Fc1cc(Br)cnc1N(CC1CC1)CC1CCCN1. The fourth-order valence-corrected chi connectivity index (χ4v) is 2.98. The molecule has 1 aliphatic heterocycles. The van der Waals surface area contributed by atoms with Crippen LogP contribution in [-0.2, 0) is 0 Å². The number of nitrogens with one attached hydrogen (secondary N) is 1. The highest BCUT2D eigenvalue weighted by Crippen LogP contribution is 2.32. The van der Waals surface area contributed by atoms with Crippen LogP contribution in [0.3, 0.4) is 0 Å². The van der Waals surface area contributed by atoms with Crippen molar-refractivity contribution in [3.05, 3.63) is 22.6 Å². The zero-order valence-electron chi connectivity index (χ0n) is 10.9. The van der Waals surface area contributed by atoms with Gasteiger partial charge in [0, 0.05) is 29.8 Å². The van der Waals surface area contributed by atoms with Gasteiger partial charge in [-0.3, -0.25) is 0 Å². The second-order valence-electron chi connectivity index (χ2n) is 5.60. The fourth-order valence-electron chi connectivity index (χ4n) is 2.68. The van der Waals surface area contributed by atoms with Gasteiger partial charge in [-0.05, 0) is 60.1 Å². The zero-order chi connectivity index (χ0) is 13.2. The van der Waals surface area contributed by atoms with E-state index in [-0.39, 0.29) is 5.82 Å². The Morgan fingerprint density at radius 1 is 1.37 bits per heavy atom. The molecular weight excluding hydrogens is 309 g/mol. The quantitative estimate of drug-likeness (QED) is 0.901. The van der Waals surface area contributed by atoms with E-state index in [1.54, 1.807) is 6.20 Å². The molecule has 1 N–H and O–H groups in total. The number of rotatable bonds is 5. The summed E-state index contributed by atoms with van der Waals surface area (Å²) in [6.07, 6.45) is 6.62. The lowest BCUT2D eigenvalue weighted by atomic mass is 10.2. The average molecular weight is 328 g/mol. The summed E-state index contributed by atoms with van der Waals surface area (Å²) in [6.45, 7) is 2.88. The van der Waals surface area contributed by atoms with E-state index in [0.29, 0.717) is 16.3 Å². The molecule has 1 saturated heterocycles. The predicted octanol–water partition coefficient (Wildman–Crippen LogP) is 2.95. The molecule has 5 heteroatoms. The summed E-state index contributed by atoms with van der Waals surface area (Å²) in [5, 5.41) is 3.48. The summed E-state index contributed by atoms with van der Waals surface area (Å²) >= 11 is 3.26. The second-order valence-corrected chi connectivity index (χ2v) is 6.52. The van der Waals surface area contributed by atoms with Crippen LogP contribution in [0.4, 0.5) is 10.2 Å². The Balaban J connectivity index is 1.75. The molecule has 0 amide bonds. The zero-order valence-corrected chi connectivity index (χ0v) is 12.5. The molecule has 1 aromatic rings. The molecule has 2 aliphatic rings. The summed E-state index contributed by atoms with van der Waals surface area (Å²) in [7, 11) is 0. The fraction of sp³-hybridized carbons (Fsp3) is 0.643. The third-order valence-corrected chi connectivity index (χ3v) is 4.30. The van der Waals surface area contributed by atoms with Gasteiger partial charge in [-0.2, -0.15) is 0 Å². The number of nitrogens with zero attached hydrogens (tertiary/aromatic N) is 2. The van der Waals surface area contributed by atoms with Crippen molar-refractivity contribution >= 4 is 21.7 Å². The van der Waals surface area contributed by atoms with E-state index in [1.165, 1.54) is 31.7 Å². The Morgan fingerprint density at radius 3 is 2.84 bits per heavy atom. The lowest BCUT2D eigenvalue weighted by molar-refractivity contribution is 0.548. The molecular formula is C14H19BrFN3. The first-order valence-corrected chi connectivity index (χ1v) is 7.81. The van der Waals surface area contributed by atoms with E-state index >= 15 is 0 Å². The molecule has 3 rings (SSSR count). The van der Waals surface area contributed by atoms with Crippen LogP contribution in [-0.4, -0.2) is 30.7 Å². The van der Waals surface area contributed by atoms with Crippen LogP contribution in [0.25, 0.3) is 0 Å². The van der Waals surface area contributed by atoms with E-state index in [4.69, 9.17) is 0 Å². The number of pyridine rings is 1. The van der Waals surface area contributed by atoms with E-state index in [9.17, 15) is 4.39 Å². The van der Waals surface area contributed by atoms with Crippen molar-refractivity contribution in [2.75, 3.05) is 24.5 Å². The number of aromatic nitrogens is 1. The smallest absolute Gasteiger partial charge is 0.166 e. The van der Waals surface area contributed by atoms with Gasteiger partial charge in [0.25, 0.3) is 0 Å². The van der Waals surface area contributed by atoms with Crippen LogP contribution < -0.4 is 10.2 Å². The third-order valence-electron chi connectivity index (χ3n) is 3.87. The lowest BCUT2D eigenvalue weighted by Crippen LogP contribution is -2.39. The van der Waals surface area contributed by atoms with Crippen LogP contribution in [0.2, 0.25) is 0 Å². The van der Waals surface area contributed by atoms with Gasteiger partial charge in [-0.1, -0.05) is 0 Å². The van der Waals surface area contributed by atoms with Gasteiger partial charge in [0.15, 0.2) is 11.6 Å². The molecule has 0 aromatic carbocycles. The molecule has 1 saturated carbocycles. The monoisotopic (exact) mass is 327 g/mol. The standard InChI is InChI=1S/C14H19BrFN3/c15-11-6-13(16)14(18-7-11)19(8-10-3-4-10)9-12-2-1-5-17-12/h6-7,10,12,17H,1-5,8-9H2. The molecule has 3 nitrogen and oxygen atoms in total. The van der Waals surface area contributed by atoms with Gasteiger partial charge >= 0.3 is 0 Å². The molecule has 2 heterocycles. The maximum atomic E-state index is 14.1. The first-order valence-electron chi connectivity index (χ1n) is 7.02. The molecule has 0 radical (unpaired) electrons. The first kappa shape index (κ1) is 13.3. The van der Waals surface area contributed by atoms with Crippen molar-refractivity contribution in [3.63, 3.8) is 0 Å². The van der Waals surface area contributed by atoms with E-state index in [1.807, 2.05) is 0 Å². The van der Waals surface area contributed by atoms with Crippen LogP contribution in [0.15, 0.2) is 16.7 Å². The number of anilines is 1. The predicted molar refractivity (Wildman–Crippen MR) is 77.9 cm³/mol. The molecule has 1 aromatic heterocycles. The minimum absolute atomic E-state index is 0.229. The molecule has 2 fully saturated rings. The van der Waals surface area contributed by atoms with Gasteiger partial charge in [-0.25, -0.2) is 9.37 Å². The Labute approximate surface area is 121 Å². The molecule has 1 unspecified atom stereocenters. The molecule has 1 aliphatic carbocycles. The maximum absolute atomic E-state index is 14.1. The minimum atomic E-state index is -0.229. The van der Waals surface area contributed by atoms with Gasteiger partial charge in [-0.15, -0.1) is 0 Å². The first-order chi connectivity index (χ1) is 9.22. The van der Waals surface area contributed by atoms with E-state index in [2.05, 4.69) is 31.1 Å². The summed E-state index contributed by atoms with van der Waals surface area (Å²) in [4.78, 5) is 6.40. The van der Waals surface area contributed by atoms with Crippen LogP contribution >= 0.6 is 15.9 Å². The van der Waals surface area contributed by atoms with Crippen molar-refractivity contribution in [2.24, 2.45) is 5.92 Å². The molecule has 0 bridgehead atoms. The van der Waals surface area contributed by atoms with Crippen molar-refractivity contribution in [3.8, 4) is 0 Å². The largest absolute Gasteiger partial charge is 0.352 e. The summed E-state index contributed by atoms with van der Waals surface area (Å²) in [5.74, 6) is 1.00. The Hall–Kier alpha value is -0.680. The Kier molecular flexibility index (Phi) is 4.03. The van der Waals surface area contributed by atoms with Gasteiger partial charge in [0.2, 0.25) is 0 Å². The molecule has 19 heavy (non-hydrogen) atoms. The summed E-state index contributed by atoms with van der Waals surface area (Å²) < 4.78 is 14.8.